The van der Waals surface area contributed by atoms with Crippen LogP contribution in [0.25, 0.3) is 0 Å². The summed E-state index contributed by atoms with van der Waals surface area (Å²) >= 11 is 0. The lowest BCUT2D eigenvalue weighted by molar-refractivity contribution is -0.138. The molecule has 86 valence electrons. The van der Waals surface area contributed by atoms with Crippen molar-refractivity contribution in [1.82, 2.24) is 0 Å². The molecular weight excluding hydrogens is 196 g/mol. The fraction of sp³-hybridized carbons (Fsp3) is 0.727. The smallest absolute Gasteiger partial charge is 0.303 e. The fourth-order valence-corrected chi connectivity index (χ4v) is 1.45. The van der Waals surface area contributed by atoms with Gasteiger partial charge in [-0.15, -0.1) is 0 Å². The molecule has 0 spiro atoms. The first-order chi connectivity index (χ1) is 6.99. The topological polar surface area (TPSA) is 55.8 Å². The zero-order chi connectivity index (χ0) is 11.3. The second-order valence-corrected chi connectivity index (χ2v) is 4.09. The summed E-state index contributed by atoms with van der Waals surface area (Å²) in [5, 5.41) is 8.41. The third kappa shape index (κ3) is 4.95. The minimum absolute atomic E-state index is 0.0982. The number of carbonyl (C=O) groups is 1. The monoisotopic (exact) mass is 214 g/mol. The Bertz CT molecular complexity index is 245. The summed E-state index contributed by atoms with van der Waals surface area (Å²) < 4.78 is 11.0. The van der Waals surface area contributed by atoms with E-state index in [2.05, 4.69) is 0 Å². The van der Waals surface area contributed by atoms with Crippen LogP contribution in [0, 0.1) is 0 Å². The molecule has 0 aromatic heterocycles. The molecule has 0 amide bonds. The number of rotatable bonds is 5. The van der Waals surface area contributed by atoms with E-state index in [4.69, 9.17) is 14.6 Å². The van der Waals surface area contributed by atoms with Gasteiger partial charge in [-0.2, -0.15) is 0 Å². The van der Waals surface area contributed by atoms with Crippen molar-refractivity contribution in [1.29, 1.82) is 0 Å². The summed E-state index contributed by atoms with van der Waals surface area (Å²) in [5.74, 6) is -1.24. The van der Waals surface area contributed by atoms with Crippen LogP contribution in [0.1, 0.15) is 33.1 Å². The zero-order valence-corrected chi connectivity index (χ0v) is 9.23. The summed E-state index contributed by atoms with van der Waals surface area (Å²) in [6.07, 6.45) is 5.47. The number of hydrogen-bond donors (Lipinski definition) is 1. The van der Waals surface area contributed by atoms with Crippen molar-refractivity contribution < 1.29 is 19.4 Å². The Morgan fingerprint density at radius 1 is 1.53 bits per heavy atom. The lowest BCUT2D eigenvalue weighted by atomic mass is 10.2. The summed E-state index contributed by atoms with van der Waals surface area (Å²) in [6, 6.07) is 0. The van der Waals surface area contributed by atoms with Crippen LogP contribution < -0.4 is 0 Å². The maximum absolute atomic E-state index is 10.2. The Morgan fingerprint density at radius 2 is 2.27 bits per heavy atom. The van der Waals surface area contributed by atoms with E-state index in [1.165, 1.54) is 0 Å². The molecule has 1 fully saturated rings. The number of hydrogen-bond acceptors (Lipinski definition) is 3. The first-order valence-electron chi connectivity index (χ1n) is 5.18. The highest BCUT2D eigenvalue weighted by molar-refractivity contribution is 5.66. The molecule has 0 aromatic rings. The van der Waals surface area contributed by atoms with Crippen molar-refractivity contribution in [3.8, 4) is 0 Å². The molecule has 4 heteroatoms. The van der Waals surface area contributed by atoms with Crippen LogP contribution in [0.5, 0.6) is 0 Å². The van der Waals surface area contributed by atoms with Gasteiger partial charge in [-0.3, -0.25) is 4.79 Å². The number of carboxylic acid groups (broad SMARTS) is 1. The van der Waals surface area contributed by atoms with E-state index in [0.29, 0.717) is 13.0 Å². The van der Waals surface area contributed by atoms with E-state index >= 15 is 0 Å². The molecule has 0 unspecified atom stereocenters. The standard InChI is InChI=1S/C11H18O4/c1-11(2)14-8-9(15-11)6-4-3-5-7-10(12)13/h3-4,9H,5-8H2,1-2H3,(H,12,13)/b4-3-/t9-/m0/s1. The molecule has 15 heavy (non-hydrogen) atoms. The second kappa shape index (κ2) is 5.28. The number of carboxylic acids is 1. The molecule has 1 saturated heterocycles. The molecule has 0 radical (unpaired) electrons. The predicted molar refractivity (Wildman–Crippen MR) is 55.5 cm³/mol. The van der Waals surface area contributed by atoms with Gasteiger partial charge in [0.05, 0.1) is 12.7 Å². The van der Waals surface area contributed by atoms with Gasteiger partial charge in [0.25, 0.3) is 0 Å². The van der Waals surface area contributed by atoms with Gasteiger partial charge in [0.15, 0.2) is 5.79 Å². The van der Waals surface area contributed by atoms with Gasteiger partial charge in [-0.1, -0.05) is 12.2 Å². The summed E-state index contributed by atoms with van der Waals surface area (Å²) in [4.78, 5) is 10.2. The third-order valence-corrected chi connectivity index (χ3v) is 2.16. The average molecular weight is 214 g/mol. The lowest BCUT2D eigenvalue weighted by Gasteiger charge is -2.16. The molecule has 1 aliphatic heterocycles. The van der Waals surface area contributed by atoms with Gasteiger partial charge in [0.2, 0.25) is 0 Å². The van der Waals surface area contributed by atoms with Gasteiger partial charge in [-0.05, 0) is 26.7 Å². The highest BCUT2D eigenvalue weighted by Crippen LogP contribution is 2.24. The molecule has 1 heterocycles. The number of allylic oxidation sites excluding steroid dienone is 1. The summed E-state index contributed by atoms with van der Waals surface area (Å²) in [7, 11) is 0. The van der Waals surface area contributed by atoms with Crippen molar-refractivity contribution in [2.45, 2.75) is 45.0 Å². The Morgan fingerprint density at radius 3 is 2.80 bits per heavy atom. The first-order valence-corrected chi connectivity index (χ1v) is 5.18. The molecule has 1 rings (SSSR count). The van der Waals surface area contributed by atoms with E-state index in [1.807, 2.05) is 26.0 Å². The third-order valence-electron chi connectivity index (χ3n) is 2.16. The Kier molecular flexibility index (Phi) is 4.29. The Labute approximate surface area is 89.9 Å². The highest BCUT2D eigenvalue weighted by atomic mass is 16.7. The molecule has 4 nitrogen and oxygen atoms in total. The van der Waals surface area contributed by atoms with Crippen molar-refractivity contribution in [3.05, 3.63) is 12.2 Å². The maximum atomic E-state index is 10.2. The predicted octanol–water partition coefficient (Wildman–Crippen LogP) is 1.95. The molecule has 1 aliphatic rings. The maximum Gasteiger partial charge on any atom is 0.303 e. The second-order valence-electron chi connectivity index (χ2n) is 4.09. The lowest BCUT2D eigenvalue weighted by Crippen LogP contribution is -2.21. The normalized spacial score (nSPS) is 24.8. The van der Waals surface area contributed by atoms with E-state index in [0.717, 1.165) is 6.42 Å². The SMILES string of the molecule is CC1(C)OC[C@H](C/C=C\CCC(=O)O)O1. The van der Waals surface area contributed by atoms with Crippen LogP contribution >= 0.6 is 0 Å². The van der Waals surface area contributed by atoms with Gasteiger partial charge in [0.1, 0.15) is 0 Å². The molecule has 0 aromatic carbocycles. The molecular formula is C11H18O4. The van der Waals surface area contributed by atoms with Gasteiger partial charge < -0.3 is 14.6 Å². The van der Waals surface area contributed by atoms with Crippen LogP contribution in [0.4, 0.5) is 0 Å². The number of aliphatic carboxylic acids is 1. The largest absolute Gasteiger partial charge is 0.481 e. The van der Waals surface area contributed by atoms with E-state index in [1.54, 1.807) is 0 Å². The first kappa shape index (κ1) is 12.2. The Balaban J connectivity index is 2.13. The van der Waals surface area contributed by atoms with Crippen molar-refractivity contribution in [3.63, 3.8) is 0 Å². The van der Waals surface area contributed by atoms with Crippen LogP contribution in [0.15, 0.2) is 12.2 Å². The van der Waals surface area contributed by atoms with Crippen LogP contribution in [0.2, 0.25) is 0 Å². The van der Waals surface area contributed by atoms with E-state index in [-0.39, 0.29) is 12.5 Å². The molecule has 1 N–H and O–H groups in total. The highest BCUT2D eigenvalue weighted by Gasteiger charge is 2.31. The summed E-state index contributed by atoms with van der Waals surface area (Å²) in [6.45, 7) is 4.39. The van der Waals surface area contributed by atoms with Gasteiger partial charge >= 0.3 is 5.97 Å². The van der Waals surface area contributed by atoms with Gasteiger partial charge in [-0.25, -0.2) is 0 Å². The van der Waals surface area contributed by atoms with E-state index in [9.17, 15) is 4.79 Å². The van der Waals surface area contributed by atoms with Crippen LogP contribution in [-0.2, 0) is 14.3 Å². The van der Waals surface area contributed by atoms with Gasteiger partial charge in [0, 0.05) is 6.42 Å². The van der Waals surface area contributed by atoms with Crippen molar-refractivity contribution in [2.75, 3.05) is 6.61 Å². The minimum Gasteiger partial charge on any atom is -0.481 e. The van der Waals surface area contributed by atoms with Crippen LogP contribution in [0.3, 0.4) is 0 Å². The average Bonchev–Trinajstić information content (AvgIpc) is 2.44. The Hall–Kier alpha value is -0.870. The molecule has 1 atom stereocenters. The van der Waals surface area contributed by atoms with Crippen LogP contribution in [-0.4, -0.2) is 29.6 Å². The number of ether oxygens (including phenoxy) is 2. The van der Waals surface area contributed by atoms with Crippen molar-refractivity contribution >= 4 is 5.97 Å². The summed E-state index contributed by atoms with van der Waals surface area (Å²) in [5.41, 5.74) is 0. The molecule has 0 aliphatic carbocycles. The minimum atomic E-state index is -0.763. The van der Waals surface area contributed by atoms with Crippen molar-refractivity contribution in [2.24, 2.45) is 0 Å². The molecule has 0 saturated carbocycles. The fourth-order valence-electron chi connectivity index (χ4n) is 1.45. The molecule has 0 bridgehead atoms. The zero-order valence-electron chi connectivity index (χ0n) is 9.23. The van der Waals surface area contributed by atoms with E-state index < -0.39 is 11.8 Å². The quantitative estimate of drug-likeness (QED) is 0.711.